The first-order valence-electron chi connectivity index (χ1n) is 20.6. The van der Waals surface area contributed by atoms with Crippen LogP contribution in [0.1, 0.15) is 136 Å². The molecule has 16 heteroatoms. The Balaban J connectivity index is 3.66. The molecule has 0 aliphatic carbocycles. The normalized spacial score (nSPS) is 11.8. The van der Waals surface area contributed by atoms with Crippen LogP contribution in [-0.4, -0.2) is 124 Å². The Morgan fingerprint density at radius 3 is 1.34 bits per heavy atom. The van der Waals surface area contributed by atoms with E-state index >= 15 is 0 Å². The van der Waals surface area contributed by atoms with Crippen molar-refractivity contribution in [3.05, 3.63) is 0 Å². The van der Waals surface area contributed by atoms with Gasteiger partial charge < -0.3 is 50.4 Å². The van der Waals surface area contributed by atoms with E-state index in [0.717, 1.165) is 38.5 Å². The second kappa shape index (κ2) is 36.0. The monoisotopic (exact) mass is 803 g/mol. The molecule has 0 spiro atoms. The topological polar surface area (TPSA) is 228 Å². The lowest BCUT2D eigenvalue weighted by molar-refractivity contribution is -0.142. The number of hydrogen-bond donors (Lipinski definition) is 6. The molecule has 326 valence electrons. The minimum absolute atomic E-state index is 0.00523. The third-order valence-electron chi connectivity index (χ3n) is 8.50. The van der Waals surface area contributed by atoms with Gasteiger partial charge >= 0.3 is 11.9 Å². The zero-order valence-corrected chi connectivity index (χ0v) is 34.6. The van der Waals surface area contributed by atoms with Crippen molar-refractivity contribution in [2.45, 2.75) is 142 Å². The maximum Gasteiger partial charge on any atom is 0.326 e. The molecule has 0 aliphatic heterocycles. The highest BCUT2D eigenvalue weighted by Gasteiger charge is 2.21. The number of carboxylic acids is 2. The van der Waals surface area contributed by atoms with Crippen LogP contribution in [0.15, 0.2) is 0 Å². The largest absolute Gasteiger partial charge is 0.481 e. The molecule has 0 radical (unpaired) electrons. The molecule has 0 heterocycles. The Morgan fingerprint density at radius 2 is 0.893 bits per heavy atom. The Bertz CT molecular complexity index is 1070. The predicted molar refractivity (Wildman–Crippen MR) is 212 cm³/mol. The number of carbonyl (C=O) groups is 6. The van der Waals surface area contributed by atoms with Gasteiger partial charge in [0, 0.05) is 38.9 Å². The second-order valence-electron chi connectivity index (χ2n) is 15.2. The maximum absolute atomic E-state index is 12.3. The second-order valence-corrected chi connectivity index (χ2v) is 15.2. The van der Waals surface area contributed by atoms with E-state index in [9.17, 15) is 33.9 Å². The lowest BCUT2D eigenvalue weighted by atomic mass is 9.97. The number of ether oxygens (including phenoxy) is 4. The smallest absolute Gasteiger partial charge is 0.326 e. The average molecular weight is 803 g/mol. The Morgan fingerprint density at radius 1 is 0.482 bits per heavy atom. The van der Waals surface area contributed by atoms with Crippen molar-refractivity contribution in [3.63, 3.8) is 0 Å². The van der Waals surface area contributed by atoms with Crippen LogP contribution in [0, 0.1) is 5.41 Å². The predicted octanol–water partition coefficient (Wildman–Crippen LogP) is 4.12. The summed E-state index contributed by atoms with van der Waals surface area (Å²) >= 11 is 0. The molecule has 1 unspecified atom stereocenters. The fourth-order valence-electron chi connectivity index (χ4n) is 5.33. The number of aliphatic carboxylic acids is 2. The van der Waals surface area contributed by atoms with Gasteiger partial charge in [-0.2, -0.15) is 0 Å². The van der Waals surface area contributed by atoms with Gasteiger partial charge in [0.25, 0.3) is 0 Å². The number of unbranched alkanes of at least 4 members (excludes halogenated alkanes) is 13. The molecule has 16 nitrogen and oxygen atoms in total. The van der Waals surface area contributed by atoms with Crippen molar-refractivity contribution >= 4 is 35.6 Å². The van der Waals surface area contributed by atoms with E-state index in [1.807, 2.05) is 20.8 Å². The van der Waals surface area contributed by atoms with Gasteiger partial charge in [0.05, 0.1) is 39.6 Å². The summed E-state index contributed by atoms with van der Waals surface area (Å²) in [6.07, 6.45) is 15.6. The van der Waals surface area contributed by atoms with Gasteiger partial charge in [0.1, 0.15) is 19.3 Å². The lowest BCUT2D eigenvalue weighted by Crippen LogP contribution is -2.41. The highest BCUT2D eigenvalue weighted by atomic mass is 16.5. The third-order valence-corrected chi connectivity index (χ3v) is 8.50. The van der Waals surface area contributed by atoms with E-state index in [0.29, 0.717) is 26.1 Å². The van der Waals surface area contributed by atoms with Crippen molar-refractivity contribution in [1.29, 1.82) is 0 Å². The molecule has 56 heavy (non-hydrogen) atoms. The first-order valence-corrected chi connectivity index (χ1v) is 20.6. The molecular formula is C40H74N4O12. The van der Waals surface area contributed by atoms with Gasteiger partial charge in [0.2, 0.25) is 23.6 Å². The first-order chi connectivity index (χ1) is 26.8. The Kier molecular flexibility index (Phi) is 33.9. The van der Waals surface area contributed by atoms with E-state index in [1.54, 1.807) is 0 Å². The Labute approximate surface area is 334 Å². The summed E-state index contributed by atoms with van der Waals surface area (Å²) in [4.78, 5) is 70.1. The van der Waals surface area contributed by atoms with Gasteiger partial charge in [-0.25, -0.2) is 4.79 Å². The van der Waals surface area contributed by atoms with Crippen molar-refractivity contribution < 1.29 is 57.9 Å². The molecule has 6 N–H and O–H groups in total. The molecule has 4 amide bonds. The molecular weight excluding hydrogens is 728 g/mol. The summed E-state index contributed by atoms with van der Waals surface area (Å²) in [5.74, 6) is -3.04. The molecule has 0 saturated heterocycles. The minimum Gasteiger partial charge on any atom is -0.481 e. The van der Waals surface area contributed by atoms with Gasteiger partial charge in [-0.3, -0.25) is 24.0 Å². The highest BCUT2D eigenvalue weighted by Crippen LogP contribution is 2.14. The van der Waals surface area contributed by atoms with Gasteiger partial charge in [-0.15, -0.1) is 0 Å². The number of carbonyl (C=O) groups excluding carboxylic acids is 4. The zero-order valence-electron chi connectivity index (χ0n) is 34.6. The number of hydrogen-bond acceptors (Lipinski definition) is 10. The quantitative estimate of drug-likeness (QED) is 0.0483. The van der Waals surface area contributed by atoms with Crippen molar-refractivity contribution in [1.82, 2.24) is 21.3 Å². The molecule has 0 rings (SSSR count). The number of amides is 4. The summed E-state index contributed by atoms with van der Waals surface area (Å²) in [5.41, 5.74) is 0.00523. The molecule has 0 aromatic heterocycles. The zero-order chi connectivity index (χ0) is 41.7. The number of carboxylic acid groups (broad SMARTS) is 2. The average Bonchev–Trinajstić information content (AvgIpc) is 3.13. The van der Waals surface area contributed by atoms with E-state index in [2.05, 4.69) is 21.3 Å². The summed E-state index contributed by atoms with van der Waals surface area (Å²) in [6.45, 7) is 8.47. The third kappa shape index (κ3) is 38.9. The van der Waals surface area contributed by atoms with E-state index in [4.69, 9.17) is 24.1 Å². The Hall–Kier alpha value is -3.34. The van der Waals surface area contributed by atoms with Crippen LogP contribution in [0.4, 0.5) is 0 Å². The van der Waals surface area contributed by atoms with Crippen LogP contribution in [0.5, 0.6) is 0 Å². The van der Waals surface area contributed by atoms with Crippen molar-refractivity contribution in [2.24, 2.45) is 5.41 Å². The van der Waals surface area contributed by atoms with Gasteiger partial charge in [-0.05, 0) is 24.7 Å². The molecule has 0 bridgehead atoms. The van der Waals surface area contributed by atoms with E-state index in [1.165, 1.54) is 44.9 Å². The summed E-state index contributed by atoms with van der Waals surface area (Å²) in [5, 5.41) is 28.8. The van der Waals surface area contributed by atoms with Crippen LogP contribution in [0.2, 0.25) is 0 Å². The molecule has 0 aromatic carbocycles. The lowest BCUT2D eigenvalue weighted by Gasteiger charge is -2.18. The highest BCUT2D eigenvalue weighted by molar-refractivity contribution is 5.84. The van der Waals surface area contributed by atoms with Crippen LogP contribution in [0.3, 0.4) is 0 Å². The van der Waals surface area contributed by atoms with Crippen LogP contribution in [0.25, 0.3) is 0 Å². The van der Waals surface area contributed by atoms with E-state index < -0.39 is 18.0 Å². The van der Waals surface area contributed by atoms with Gasteiger partial charge in [0.15, 0.2) is 0 Å². The summed E-state index contributed by atoms with van der Waals surface area (Å²) in [6, 6.07) is -1.13. The molecule has 0 aromatic rings. The summed E-state index contributed by atoms with van der Waals surface area (Å²) in [7, 11) is 0. The fourth-order valence-corrected chi connectivity index (χ4v) is 5.33. The molecule has 0 fully saturated rings. The number of rotatable bonds is 39. The SMILES string of the molecule is CC(C)(C)CNC(=O)COCCOCCNC(=O)COCCOCCNC(=O)CCC(NC(=O)CCCCCCCCCCCCCCCCC(=O)O)C(=O)O. The van der Waals surface area contributed by atoms with Crippen LogP contribution < -0.4 is 21.3 Å². The summed E-state index contributed by atoms with van der Waals surface area (Å²) < 4.78 is 21.3. The molecule has 0 aliphatic rings. The number of nitrogens with one attached hydrogen (secondary N) is 4. The molecule has 0 saturated carbocycles. The van der Waals surface area contributed by atoms with Crippen LogP contribution >= 0.6 is 0 Å². The first kappa shape index (κ1) is 52.7. The fraction of sp³-hybridized carbons (Fsp3) is 0.850. The standard InChI is InChI=1S/C40H74N4O12/c1-40(2,3)32-43-37(48)31-56-29-27-54-25-23-42-36(47)30-55-28-26-53-24-22-41-34(45)21-20-33(39(51)52)44-35(46)18-16-14-12-10-8-6-4-5-7-9-11-13-15-17-19-38(49)50/h33H,4-32H2,1-3H3,(H,41,45)(H,42,47)(H,43,48)(H,44,46)(H,49,50)(H,51,52). The molecule has 1 atom stereocenters. The van der Waals surface area contributed by atoms with Gasteiger partial charge in [-0.1, -0.05) is 97.8 Å². The minimum atomic E-state index is -1.18. The van der Waals surface area contributed by atoms with Crippen LogP contribution in [-0.2, 0) is 47.7 Å². The van der Waals surface area contributed by atoms with E-state index in [-0.39, 0.29) is 108 Å². The van der Waals surface area contributed by atoms with Crippen molar-refractivity contribution in [3.8, 4) is 0 Å². The van der Waals surface area contributed by atoms with Crippen molar-refractivity contribution in [2.75, 3.05) is 72.5 Å². The maximum atomic E-state index is 12.3.